The van der Waals surface area contributed by atoms with E-state index in [2.05, 4.69) is 20.9 Å². The maximum absolute atomic E-state index is 5.70. The van der Waals surface area contributed by atoms with Crippen molar-refractivity contribution in [3.05, 3.63) is 27.5 Å². The van der Waals surface area contributed by atoms with E-state index in [1.54, 1.807) is 6.20 Å². The fourth-order valence-corrected chi connectivity index (χ4v) is 1.54. The minimum absolute atomic E-state index is 0.227. The van der Waals surface area contributed by atoms with Crippen LogP contribution in [0.4, 0.5) is 0 Å². The summed E-state index contributed by atoms with van der Waals surface area (Å²) in [5.74, 6) is 0. The van der Waals surface area contributed by atoms with Crippen molar-refractivity contribution in [3.63, 3.8) is 0 Å². The summed E-state index contributed by atoms with van der Waals surface area (Å²) in [5.41, 5.74) is 1.09. The number of nitrogens with zero attached hydrogens (tertiary/aromatic N) is 1. The van der Waals surface area contributed by atoms with E-state index in [4.69, 9.17) is 16.3 Å². The van der Waals surface area contributed by atoms with Gasteiger partial charge in [-0.15, -0.1) is 0 Å². The van der Waals surface area contributed by atoms with Gasteiger partial charge in [-0.05, 0) is 22.0 Å². The van der Waals surface area contributed by atoms with Gasteiger partial charge in [0.15, 0.2) is 0 Å². The molecule has 1 aliphatic heterocycles. The Morgan fingerprint density at radius 3 is 3.09 bits per heavy atom. The lowest BCUT2D eigenvalue weighted by atomic mass is 10.2. The Kier molecular flexibility index (Phi) is 1.87. The lowest BCUT2D eigenvalue weighted by Gasteiger charge is -1.98. The molecule has 1 aliphatic rings. The number of pyridine rings is 1. The molecule has 2 heterocycles. The first-order valence-electron chi connectivity index (χ1n) is 3.20. The maximum atomic E-state index is 5.70. The van der Waals surface area contributed by atoms with Gasteiger partial charge in [0, 0.05) is 16.2 Å². The Labute approximate surface area is 77.7 Å². The van der Waals surface area contributed by atoms with Crippen molar-refractivity contribution in [1.29, 1.82) is 0 Å². The van der Waals surface area contributed by atoms with Crippen LogP contribution in [0.5, 0.6) is 0 Å². The topological polar surface area (TPSA) is 25.4 Å². The van der Waals surface area contributed by atoms with Crippen LogP contribution in [0.15, 0.2) is 16.7 Å². The van der Waals surface area contributed by atoms with Crippen molar-refractivity contribution in [2.24, 2.45) is 0 Å². The molecular weight excluding hydrogens is 229 g/mol. The molecule has 0 aliphatic carbocycles. The Morgan fingerprint density at radius 1 is 1.73 bits per heavy atom. The average Bonchev–Trinajstić information content (AvgIpc) is 2.76. The highest BCUT2D eigenvalue weighted by molar-refractivity contribution is 9.10. The van der Waals surface area contributed by atoms with E-state index >= 15 is 0 Å². The zero-order valence-corrected chi connectivity index (χ0v) is 7.89. The molecule has 1 aromatic heterocycles. The summed E-state index contributed by atoms with van der Waals surface area (Å²) in [7, 11) is 0. The van der Waals surface area contributed by atoms with Gasteiger partial charge in [0.1, 0.15) is 11.3 Å². The van der Waals surface area contributed by atoms with E-state index in [-0.39, 0.29) is 6.10 Å². The Balaban J connectivity index is 2.42. The fourth-order valence-electron chi connectivity index (χ4n) is 0.902. The zero-order chi connectivity index (χ0) is 7.84. The molecule has 2 rings (SSSR count). The monoisotopic (exact) mass is 233 g/mol. The van der Waals surface area contributed by atoms with Crippen LogP contribution in [0.25, 0.3) is 0 Å². The molecule has 1 saturated heterocycles. The van der Waals surface area contributed by atoms with Crippen LogP contribution in [0.1, 0.15) is 11.7 Å². The van der Waals surface area contributed by atoms with E-state index < -0.39 is 0 Å². The first-order chi connectivity index (χ1) is 5.27. The minimum Gasteiger partial charge on any atom is -0.368 e. The number of aromatic nitrogens is 1. The number of rotatable bonds is 1. The lowest BCUT2D eigenvalue weighted by molar-refractivity contribution is 0.415. The molecule has 0 N–H and O–H groups in total. The highest BCUT2D eigenvalue weighted by atomic mass is 79.9. The molecule has 0 bridgehead atoms. The van der Waals surface area contributed by atoms with Gasteiger partial charge in [-0.2, -0.15) is 0 Å². The number of ether oxygens (including phenoxy) is 1. The van der Waals surface area contributed by atoms with Crippen molar-refractivity contribution in [3.8, 4) is 0 Å². The Hall–Kier alpha value is -0.120. The molecular formula is C7H5BrClNO. The van der Waals surface area contributed by atoms with Gasteiger partial charge in [0.05, 0.1) is 6.61 Å². The van der Waals surface area contributed by atoms with Crippen molar-refractivity contribution in [1.82, 2.24) is 4.98 Å². The Morgan fingerprint density at radius 2 is 2.45 bits per heavy atom. The number of hydrogen-bond acceptors (Lipinski definition) is 2. The molecule has 2 nitrogen and oxygen atoms in total. The summed E-state index contributed by atoms with van der Waals surface area (Å²) in [4.78, 5) is 3.91. The molecule has 1 aromatic rings. The lowest BCUT2D eigenvalue weighted by Crippen LogP contribution is -1.85. The molecule has 0 spiro atoms. The normalized spacial score (nSPS) is 21.8. The molecule has 11 heavy (non-hydrogen) atoms. The van der Waals surface area contributed by atoms with Crippen LogP contribution in [0.2, 0.25) is 5.15 Å². The Bertz CT molecular complexity index is 288. The smallest absolute Gasteiger partial charge is 0.129 e. The van der Waals surface area contributed by atoms with E-state index in [9.17, 15) is 0 Å². The molecule has 1 atom stereocenters. The van der Waals surface area contributed by atoms with Crippen LogP contribution < -0.4 is 0 Å². The van der Waals surface area contributed by atoms with Crippen molar-refractivity contribution in [2.75, 3.05) is 6.61 Å². The molecule has 4 heteroatoms. The van der Waals surface area contributed by atoms with Gasteiger partial charge in [0.2, 0.25) is 0 Å². The molecule has 0 radical (unpaired) electrons. The van der Waals surface area contributed by atoms with Gasteiger partial charge >= 0.3 is 0 Å². The summed E-state index contributed by atoms with van der Waals surface area (Å²) in [5, 5.41) is 0.513. The summed E-state index contributed by atoms with van der Waals surface area (Å²) >= 11 is 9.07. The van der Waals surface area contributed by atoms with Gasteiger partial charge in [0.25, 0.3) is 0 Å². The second-order valence-corrected chi connectivity index (χ2v) is 3.59. The van der Waals surface area contributed by atoms with Crippen LogP contribution in [0, 0.1) is 0 Å². The van der Waals surface area contributed by atoms with E-state index in [0.29, 0.717) is 5.15 Å². The highest BCUT2D eigenvalue weighted by Gasteiger charge is 2.27. The standard InChI is InChI=1S/C7H5BrClNO/c8-5-2-10-7(9)1-4(5)6-3-11-6/h1-2,6H,3H2. The molecule has 0 amide bonds. The summed E-state index contributed by atoms with van der Waals surface area (Å²) in [6.45, 7) is 0.791. The molecule has 0 aromatic carbocycles. The maximum Gasteiger partial charge on any atom is 0.129 e. The van der Waals surface area contributed by atoms with Crippen LogP contribution in [0.3, 0.4) is 0 Å². The number of halogens is 2. The second kappa shape index (κ2) is 2.73. The second-order valence-electron chi connectivity index (χ2n) is 2.35. The van der Waals surface area contributed by atoms with Crippen molar-refractivity contribution >= 4 is 27.5 Å². The van der Waals surface area contributed by atoms with E-state index in [0.717, 1.165) is 16.6 Å². The van der Waals surface area contributed by atoms with Gasteiger partial charge in [-0.3, -0.25) is 0 Å². The van der Waals surface area contributed by atoms with Crippen molar-refractivity contribution < 1.29 is 4.74 Å². The average molecular weight is 234 g/mol. The minimum atomic E-state index is 0.227. The fraction of sp³-hybridized carbons (Fsp3) is 0.286. The van der Waals surface area contributed by atoms with Crippen LogP contribution >= 0.6 is 27.5 Å². The van der Waals surface area contributed by atoms with Crippen molar-refractivity contribution in [2.45, 2.75) is 6.10 Å². The first-order valence-corrected chi connectivity index (χ1v) is 4.37. The van der Waals surface area contributed by atoms with Crippen LogP contribution in [-0.4, -0.2) is 11.6 Å². The zero-order valence-electron chi connectivity index (χ0n) is 5.55. The first kappa shape index (κ1) is 7.53. The third-order valence-electron chi connectivity index (χ3n) is 1.53. The van der Waals surface area contributed by atoms with E-state index in [1.807, 2.05) is 6.07 Å². The third-order valence-corrected chi connectivity index (χ3v) is 2.40. The van der Waals surface area contributed by atoms with Gasteiger partial charge in [-0.1, -0.05) is 11.6 Å². The molecule has 58 valence electrons. The van der Waals surface area contributed by atoms with Gasteiger partial charge in [-0.25, -0.2) is 4.98 Å². The molecule has 0 saturated carbocycles. The predicted octanol–water partition coefficient (Wildman–Crippen LogP) is 2.57. The predicted molar refractivity (Wildman–Crippen MR) is 45.6 cm³/mol. The van der Waals surface area contributed by atoms with Crippen LogP contribution in [-0.2, 0) is 4.74 Å². The largest absolute Gasteiger partial charge is 0.368 e. The quantitative estimate of drug-likeness (QED) is 0.551. The summed E-state index contributed by atoms with van der Waals surface area (Å²) < 4.78 is 6.08. The highest BCUT2D eigenvalue weighted by Crippen LogP contribution is 2.35. The number of epoxide rings is 1. The molecule has 1 fully saturated rings. The summed E-state index contributed by atoms with van der Waals surface area (Å²) in [6.07, 6.45) is 1.92. The number of hydrogen-bond donors (Lipinski definition) is 0. The summed E-state index contributed by atoms with van der Waals surface area (Å²) in [6, 6.07) is 1.82. The third kappa shape index (κ3) is 1.55. The van der Waals surface area contributed by atoms with E-state index in [1.165, 1.54) is 0 Å². The van der Waals surface area contributed by atoms with Gasteiger partial charge < -0.3 is 4.74 Å². The molecule has 1 unspecified atom stereocenters. The SMILES string of the molecule is Clc1cc(C2CO2)c(Br)cn1.